The van der Waals surface area contributed by atoms with E-state index < -0.39 is 11.7 Å². The van der Waals surface area contributed by atoms with Crippen LogP contribution in [0.5, 0.6) is 5.88 Å². The van der Waals surface area contributed by atoms with Crippen molar-refractivity contribution in [1.29, 1.82) is 0 Å². The van der Waals surface area contributed by atoms with Crippen LogP contribution in [0.1, 0.15) is 32.4 Å². The van der Waals surface area contributed by atoms with Gasteiger partial charge in [0.1, 0.15) is 5.60 Å². The summed E-state index contributed by atoms with van der Waals surface area (Å²) in [5, 5.41) is 6.26. The summed E-state index contributed by atoms with van der Waals surface area (Å²) in [6, 6.07) is 5.34. The molecule has 2 aromatic heterocycles. The maximum Gasteiger partial charge on any atom is 0.408 e. The molecule has 1 amide bonds. The Kier molecular flexibility index (Phi) is 4.76. The fraction of sp³-hybridized carbons (Fsp3) is 0.500. The fourth-order valence-electron chi connectivity index (χ4n) is 2.82. The van der Waals surface area contributed by atoms with Gasteiger partial charge >= 0.3 is 6.09 Å². The number of fused-ring (bicyclic) bond motifs is 1. The van der Waals surface area contributed by atoms with Crippen molar-refractivity contribution in [2.75, 3.05) is 20.2 Å². The Balaban J connectivity index is 1.96. The Labute approximate surface area is 147 Å². The molecule has 1 saturated heterocycles. The minimum absolute atomic E-state index is 0.207. The normalized spacial score (nSPS) is 16.2. The number of nitrogens with one attached hydrogen (secondary N) is 2. The topological polar surface area (TPSA) is 85.4 Å². The maximum atomic E-state index is 12.3. The van der Waals surface area contributed by atoms with E-state index in [1.54, 1.807) is 19.4 Å². The Morgan fingerprint density at radius 3 is 2.68 bits per heavy atom. The molecule has 1 unspecified atom stereocenters. The second-order valence-corrected chi connectivity index (χ2v) is 7.16. The van der Waals surface area contributed by atoms with Crippen LogP contribution in [0.3, 0.4) is 0 Å². The molecule has 0 aromatic carbocycles. The van der Waals surface area contributed by atoms with E-state index in [2.05, 4.69) is 20.6 Å². The number of hydrogen-bond donors (Lipinski definition) is 2. The van der Waals surface area contributed by atoms with Gasteiger partial charge in [0.15, 0.2) is 0 Å². The average molecular weight is 344 g/mol. The monoisotopic (exact) mass is 344 g/mol. The summed E-state index contributed by atoms with van der Waals surface area (Å²) >= 11 is 0. The van der Waals surface area contributed by atoms with Crippen LogP contribution in [-0.4, -0.2) is 41.9 Å². The molecule has 3 heterocycles. The van der Waals surface area contributed by atoms with Gasteiger partial charge in [0.2, 0.25) is 5.88 Å². The second kappa shape index (κ2) is 6.84. The predicted octanol–water partition coefficient (Wildman–Crippen LogP) is 2.42. The first-order valence-corrected chi connectivity index (χ1v) is 8.37. The molecule has 0 saturated carbocycles. The predicted molar refractivity (Wildman–Crippen MR) is 94.6 cm³/mol. The Bertz CT molecular complexity index is 768. The van der Waals surface area contributed by atoms with Gasteiger partial charge in [0, 0.05) is 36.8 Å². The zero-order valence-corrected chi connectivity index (χ0v) is 15.0. The molecule has 2 aromatic rings. The van der Waals surface area contributed by atoms with E-state index in [4.69, 9.17) is 9.47 Å². The summed E-state index contributed by atoms with van der Waals surface area (Å²) in [4.78, 5) is 21.2. The number of hydrogen-bond acceptors (Lipinski definition) is 6. The average Bonchev–Trinajstić information content (AvgIpc) is 2.49. The van der Waals surface area contributed by atoms with E-state index in [9.17, 15) is 4.79 Å². The van der Waals surface area contributed by atoms with Gasteiger partial charge in [-0.05, 0) is 32.9 Å². The van der Waals surface area contributed by atoms with E-state index in [1.165, 1.54) is 0 Å². The second-order valence-electron chi connectivity index (χ2n) is 7.16. The first kappa shape index (κ1) is 17.4. The van der Waals surface area contributed by atoms with E-state index in [0.29, 0.717) is 5.88 Å². The summed E-state index contributed by atoms with van der Waals surface area (Å²) in [5.41, 5.74) is 1.87. The van der Waals surface area contributed by atoms with Crippen LogP contribution < -0.4 is 15.4 Å². The molecular weight excluding hydrogens is 320 g/mol. The van der Waals surface area contributed by atoms with Crippen molar-refractivity contribution in [1.82, 2.24) is 20.6 Å². The molecular formula is C18H24N4O3. The molecule has 1 atom stereocenters. The third-order valence-corrected chi connectivity index (χ3v) is 4.09. The van der Waals surface area contributed by atoms with E-state index in [0.717, 1.165) is 29.7 Å². The lowest BCUT2D eigenvalue weighted by atomic mass is 9.88. The molecule has 2 N–H and O–H groups in total. The number of carbonyl (C=O) groups is 1. The fourth-order valence-corrected chi connectivity index (χ4v) is 2.82. The molecule has 0 radical (unpaired) electrons. The van der Waals surface area contributed by atoms with Gasteiger partial charge in [-0.2, -0.15) is 0 Å². The Morgan fingerprint density at radius 1 is 1.32 bits per heavy atom. The minimum Gasteiger partial charge on any atom is -0.481 e. The van der Waals surface area contributed by atoms with E-state index in [-0.39, 0.29) is 12.0 Å². The molecule has 0 spiro atoms. The van der Waals surface area contributed by atoms with Crippen molar-refractivity contribution in [2.24, 2.45) is 5.92 Å². The van der Waals surface area contributed by atoms with Crippen LogP contribution in [0, 0.1) is 5.92 Å². The van der Waals surface area contributed by atoms with Crippen LogP contribution >= 0.6 is 0 Å². The van der Waals surface area contributed by atoms with Crippen LogP contribution in [0.2, 0.25) is 0 Å². The van der Waals surface area contributed by atoms with Crippen LogP contribution in [0.4, 0.5) is 4.79 Å². The highest BCUT2D eigenvalue weighted by atomic mass is 16.6. The van der Waals surface area contributed by atoms with Crippen molar-refractivity contribution in [2.45, 2.75) is 32.4 Å². The van der Waals surface area contributed by atoms with Crippen LogP contribution in [-0.2, 0) is 4.74 Å². The van der Waals surface area contributed by atoms with E-state index >= 15 is 0 Å². The highest BCUT2D eigenvalue weighted by Crippen LogP contribution is 2.30. The number of ether oxygens (including phenoxy) is 2. The molecule has 25 heavy (non-hydrogen) atoms. The molecule has 0 bridgehead atoms. The van der Waals surface area contributed by atoms with Gasteiger partial charge in [-0.15, -0.1) is 0 Å². The number of carbonyl (C=O) groups excluding carboxylic acids is 1. The number of alkyl carbamates (subject to hydrolysis) is 1. The molecule has 7 heteroatoms. The van der Waals surface area contributed by atoms with Crippen LogP contribution in [0.15, 0.2) is 24.4 Å². The number of nitrogens with zero attached hydrogens (tertiary/aromatic N) is 2. The number of aromatic nitrogens is 2. The van der Waals surface area contributed by atoms with Crippen molar-refractivity contribution in [3.63, 3.8) is 0 Å². The van der Waals surface area contributed by atoms with Crippen molar-refractivity contribution >= 4 is 17.1 Å². The molecule has 1 fully saturated rings. The molecule has 134 valence electrons. The highest BCUT2D eigenvalue weighted by molar-refractivity contribution is 5.79. The van der Waals surface area contributed by atoms with Crippen molar-refractivity contribution in [3.8, 4) is 5.88 Å². The molecule has 1 aliphatic heterocycles. The maximum absolute atomic E-state index is 12.3. The summed E-state index contributed by atoms with van der Waals surface area (Å²) in [5.74, 6) is 0.788. The summed E-state index contributed by atoms with van der Waals surface area (Å²) in [6.45, 7) is 7.20. The van der Waals surface area contributed by atoms with Gasteiger partial charge in [-0.3, -0.25) is 4.98 Å². The largest absolute Gasteiger partial charge is 0.481 e. The molecule has 3 rings (SSSR count). The minimum atomic E-state index is -0.547. The zero-order valence-electron chi connectivity index (χ0n) is 15.0. The van der Waals surface area contributed by atoms with Crippen LogP contribution in [0.25, 0.3) is 11.0 Å². The van der Waals surface area contributed by atoms with Gasteiger partial charge < -0.3 is 20.1 Å². The number of methoxy groups -OCH3 is 1. The summed E-state index contributed by atoms with van der Waals surface area (Å²) in [6.07, 6.45) is 1.30. The quantitative estimate of drug-likeness (QED) is 0.886. The molecule has 7 nitrogen and oxygen atoms in total. The first-order chi connectivity index (χ1) is 11.9. The van der Waals surface area contributed by atoms with E-state index in [1.807, 2.05) is 32.9 Å². The SMILES string of the molecule is COc1ccc2nccc(C(NC(=O)OC(C)(C)C)C3CNC3)c2n1. The van der Waals surface area contributed by atoms with Crippen molar-refractivity contribution < 1.29 is 14.3 Å². The lowest BCUT2D eigenvalue weighted by Crippen LogP contribution is -2.50. The van der Waals surface area contributed by atoms with Gasteiger partial charge in [-0.1, -0.05) is 0 Å². The Morgan fingerprint density at radius 2 is 2.08 bits per heavy atom. The van der Waals surface area contributed by atoms with Gasteiger partial charge in [0.25, 0.3) is 0 Å². The number of amides is 1. The number of pyridine rings is 2. The Hall–Kier alpha value is -2.41. The summed E-state index contributed by atoms with van der Waals surface area (Å²) in [7, 11) is 1.58. The lowest BCUT2D eigenvalue weighted by Gasteiger charge is -2.36. The first-order valence-electron chi connectivity index (χ1n) is 8.37. The molecule has 1 aliphatic rings. The smallest absolute Gasteiger partial charge is 0.408 e. The lowest BCUT2D eigenvalue weighted by molar-refractivity contribution is 0.0473. The van der Waals surface area contributed by atoms with Crippen molar-refractivity contribution in [3.05, 3.63) is 30.0 Å². The zero-order chi connectivity index (χ0) is 18.0. The summed E-state index contributed by atoms with van der Waals surface area (Å²) < 4.78 is 10.7. The molecule has 0 aliphatic carbocycles. The third-order valence-electron chi connectivity index (χ3n) is 4.09. The van der Waals surface area contributed by atoms with Gasteiger partial charge in [0.05, 0.1) is 24.2 Å². The highest BCUT2D eigenvalue weighted by Gasteiger charge is 2.32. The third kappa shape index (κ3) is 3.99. The number of rotatable bonds is 4. The standard InChI is InChI=1S/C18H24N4O3/c1-18(2,3)25-17(23)22-15(11-9-19-10-11)12-7-8-20-13-5-6-14(24-4)21-16(12)13/h5-8,11,15,19H,9-10H2,1-4H3,(H,22,23). The van der Waals surface area contributed by atoms with Gasteiger partial charge in [-0.25, -0.2) is 9.78 Å².